The summed E-state index contributed by atoms with van der Waals surface area (Å²) in [5, 5.41) is 6.29. The molecule has 10 heteroatoms. The van der Waals surface area contributed by atoms with E-state index >= 15 is 0 Å². The average Bonchev–Trinajstić information content (AvgIpc) is 3.23. The number of benzene rings is 3. The van der Waals surface area contributed by atoms with E-state index in [0.717, 1.165) is 15.6 Å². The van der Waals surface area contributed by atoms with Crippen molar-refractivity contribution in [2.45, 2.75) is 11.8 Å². The molecule has 1 heterocycles. The van der Waals surface area contributed by atoms with Crippen LogP contribution in [0.3, 0.4) is 0 Å². The van der Waals surface area contributed by atoms with E-state index in [1.807, 2.05) is 42.5 Å². The van der Waals surface area contributed by atoms with Crippen molar-refractivity contribution < 1.29 is 22.5 Å². The topological polar surface area (TPSA) is 111 Å². The van der Waals surface area contributed by atoms with Crippen molar-refractivity contribution in [2.24, 2.45) is 0 Å². The highest BCUT2D eigenvalue weighted by atomic mass is 79.9. The third kappa shape index (κ3) is 5.83. The highest BCUT2D eigenvalue weighted by molar-refractivity contribution is 9.10. The van der Waals surface area contributed by atoms with Gasteiger partial charge in [-0.3, -0.25) is 9.52 Å². The van der Waals surface area contributed by atoms with Crippen LogP contribution in [0.2, 0.25) is 0 Å². The zero-order valence-electron chi connectivity index (χ0n) is 18.0. The van der Waals surface area contributed by atoms with Gasteiger partial charge in [-0.25, -0.2) is 8.42 Å². The Bertz CT molecular complexity index is 1400. The minimum atomic E-state index is -3.84. The summed E-state index contributed by atoms with van der Waals surface area (Å²) in [4.78, 5) is 12.3. The maximum Gasteiger partial charge on any atom is 0.263 e. The van der Waals surface area contributed by atoms with Crippen molar-refractivity contribution in [3.8, 4) is 16.9 Å². The van der Waals surface area contributed by atoms with Gasteiger partial charge < -0.3 is 14.6 Å². The number of rotatable bonds is 8. The highest BCUT2D eigenvalue weighted by Crippen LogP contribution is 2.30. The maximum atomic E-state index is 12.4. The first-order valence-corrected chi connectivity index (χ1v) is 12.4. The number of aryl methyl sites for hydroxylation is 1. The van der Waals surface area contributed by atoms with Gasteiger partial charge in [0.1, 0.15) is 11.5 Å². The van der Waals surface area contributed by atoms with Crippen molar-refractivity contribution in [2.75, 3.05) is 16.6 Å². The second-order valence-electron chi connectivity index (χ2n) is 7.30. The Morgan fingerprint density at radius 2 is 1.74 bits per heavy atom. The number of nitrogens with one attached hydrogen (secondary N) is 2. The first-order valence-electron chi connectivity index (χ1n) is 10.1. The van der Waals surface area contributed by atoms with Gasteiger partial charge in [0.15, 0.2) is 12.4 Å². The summed E-state index contributed by atoms with van der Waals surface area (Å²) in [6, 6.07) is 22.8. The lowest BCUT2D eigenvalue weighted by molar-refractivity contribution is -0.118. The molecular weight excluding hydrogens is 522 g/mol. The second kappa shape index (κ2) is 10.1. The van der Waals surface area contributed by atoms with Gasteiger partial charge in [0, 0.05) is 11.8 Å². The fourth-order valence-electron chi connectivity index (χ4n) is 3.10. The molecular formula is C24H20BrN3O5S. The van der Waals surface area contributed by atoms with Crippen LogP contribution >= 0.6 is 15.9 Å². The highest BCUT2D eigenvalue weighted by Gasteiger charge is 2.16. The number of amides is 1. The number of ether oxygens (including phenoxy) is 1. The number of carbonyl (C=O) groups is 1. The maximum absolute atomic E-state index is 12.4. The van der Waals surface area contributed by atoms with Crippen LogP contribution in [-0.2, 0) is 14.8 Å². The van der Waals surface area contributed by atoms with Crippen LogP contribution in [0.1, 0.15) is 5.76 Å². The Balaban J connectivity index is 1.33. The van der Waals surface area contributed by atoms with Crippen molar-refractivity contribution in [1.82, 2.24) is 5.16 Å². The summed E-state index contributed by atoms with van der Waals surface area (Å²) in [7, 11) is -3.84. The molecule has 0 radical (unpaired) electrons. The molecule has 0 bridgehead atoms. The van der Waals surface area contributed by atoms with Gasteiger partial charge in [0.2, 0.25) is 0 Å². The van der Waals surface area contributed by atoms with Crippen LogP contribution in [0.4, 0.5) is 11.5 Å². The lowest BCUT2D eigenvalue weighted by Gasteiger charge is -2.11. The molecule has 1 amide bonds. The quantitative estimate of drug-likeness (QED) is 0.316. The van der Waals surface area contributed by atoms with Gasteiger partial charge in [0.25, 0.3) is 15.9 Å². The fourth-order valence-corrected chi connectivity index (χ4v) is 4.57. The molecule has 0 spiro atoms. The Labute approximate surface area is 205 Å². The molecule has 4 rings (SSSR count). The van der Waals surface area contributed by atoms with E-state index in [2.05, 4.69) is 31.1 Å². The monoisotopic (exact) mass is 541 g/mol. The van der Waals surface area contributed by atoms with Gasteiger partial charge in [-0.15, -0.1) is 0 Å². The molecule has 0 aliphatic heterocycles. The van der Waals surface area contributed by atoms with Crippen molar-refractivity contribution >= 4 is 43.4 Å². The number of sulfonamides is 1. The summed E-state index contributed by atoms with van der Waals surface area (Å²) in [5.41, 5.74) is 2.53. The predicted octanol–water partition coefficient (Wildman–Crippen LogP) is 5.23. The Hall–Kier alpha value is -3.63. The summed E-state index contributed by atoms with van der Waals surface area (Å²) in [5.74, 6) is 0.725. The number of aromatic nitrogens is 1. The third-order valence-corrected chi connectivity index (χ3v) is 6.70. The number of carbonyl (C=O) groups excluding carboxylic acids is 1. The van der Waals surface area contributed by atoms with Gasteiger partial charge in [-0.05, 0) is 70.4 Å². The summed E-state index contributed by atoms with van der Waals surface area (Å²) < 4.78 is 38.4. The van der Waals surface area contributed by atoms with Crippen LogP contribution in [-0.4, -0.2) is 26.1 Å². The molecule has 0 aliphatic carbocycles. The smallest absolute Gasteiger partial charge is 0.263 e. The van der Waals surface area contributed by atoms with Crippen molar-refractivity contribution in [3.05, 3.63) is 89.1 Å². The zero-order chi connectivity index (χ0) is 24.1. The van der Waals surface area contributed by atoms with Crippen molar-refractivity contribution in [3.63, 3.8) is 0 Å². The summed E-state index contributed by atoms with van der Waals surface area (Å²) in [6.45, 7) is 1.45. The lowest BCUT2D eigenvalue weighted by atomic mass is 10.1. The van der Waals surface area contributed by atoms with E-state index in [-0.39, 0.29) is 23.2 Å². The molecule has 0 atom stereocenters. The van der Waals surface area contributed by atoms with E-state index in [1.165, 1.54) is 30.3 Å². The number of hydrogen-bond donors (Lipinski definition) is 2. The first-order chi connectivity index (χ1) is 16.3. The molecule has 2 N–H and O–H groups in total. The van der Waals surface area contributed by atoms with Gasteiger partial charge >= 0.3 is 0 Å². The molecule has 0 aliphatic rings. The third-order valence-electron chi connectivity index (χ3n) is 4.71. The fraction of sp³-hybridized carbons (Fsp3) is 0.0833. The van der Waals surface area contributed by atoms with Crippen LogP contribution < -0.4 is 14.8 Å². The standard InChI is InChI=1S/C24H20BrN3O5S/c1-16-13-23(27-33-16)28-34(30,31)20-10-8-19(9-11-20)26-24(29)15-32-22-12-7-18(14-21(22)25)17-5-3-2-4-6-17/h2-14H,15H2,1H3,(H,26,29)(H,27,28). The molecule has 0 saturated carbocycles. The molecule has 0 saturated heterocycles. The summed E-state index contributed by atoms with van der Waals surface area (Å²) in [6.07, 6.45) is 0. The Kier molecular flexibility index (Phi) is 6.99. The molecule has 34 heavy (non-hydrogen) atoms. The normalized spacial score (nSPS) is 11.1. The molecule has 0 unspecified atom stereocenters. The van der Waals surface area contributed by atoms with Crippen molar-refractivity contribution in [1.29, 1.82) is 0 Å². The molecule has 8 nitrogen and oxygen atoms in total. The van der Waals surface area contributed by atoms with E-state index in [4.69, 9.17) is 9.26 Å². The van der Waals surface area contributed by atoms with E-state index in [9.17, 15) is 13.2 Å². The molecule has 1 aromatic heterocycles. The molecule has 4 aromatic rings. The van der Waals surface area contributed by atoms with Crippen LogP contribution in [0.15, 0.2) is 92.8 Å². The van der Waals surface area contributed by atoms with Gasteiger partial charge in [0.05, 0.1) is 9.37 Å². The number of hydrogen-bond acceptors (Lipinski definition) is 6. The van der Waals surface area contributed by atoms with E-state index in [0.29, 0.717) is 17.2 Å². The SMILES string of the molecule is Cc1cc(NS(=O)(=O)c2ccc(NC(=O)COc3ccc(-c4ccccc4)cc3Br)cc2)no1. The Morgan fingerprint density at radius 1 is 1.00 bits per heavy atom. The van der Waals surface area contributed by atoms with E-state index in [1.54, 1.807) is 13.0 Å². The zero-order valence-corrected chi connectivity index (χ0v) is 20.4. The molecule has 0 fully saturated rings. The van der Waals surface area contributed by atoms with Crippen LogP contribution in [0.5, 0.6) is 5.75 Å². The van der Waals surface area contributed by atoms with Crippen LogP contribution in [0, 0.1) is 6.92 Å². The second-order valence-corrected chi connectivity index (χ2v) is 9.84. The lowest BCUT2D eigenvalue weighted by Crippen LogP contribution is -2.20. The predicted molar refractivity (Wildman–Crippen MR) is 132 cm³/mol. The number of anilines is 2. The number of halogens is 1. The molecule has 174 valence electrons. The summed E-state index contributed by atoms with van der Waals surface area (Å²) >= 11 is 3.48. The van der Waals surface area contributed by atoms with Gasteiger partial charge in [-0.2, -0.15) is 0 Å². The first kappa shape index (κ1) is 23.5. The Morgan fingerprint density at radius 3 is 2.38 bits per heavy atom. The van der Waals surface area contributed by atoms with E-state index < -0.39 is 10.0 Å². The minimum Gasteiger partial charge on any atom is -0.483 e. The van der Waals surface area contributed by atoms with Gasteiger partial charge in [-0.1, -0.05) is 41.6 Å². The minimum absolute atomic E-state index is 0.0184. The largest absolute Gasteiger partial charge is 0.483 e. The average molecular weight is 542 g/mol. The number of nitrogens with zero attached hydrogens (tertiary/aromatic N) is 1. The van der Waals surface area contributed by atoms with Crippen LogP contribution in [0.25, 0.3) is 11.1 Å². The molecule has 3 aromatic carbocycles.